The van der Waals surface area contributed by atoms with Crippen LogP contribution in [-0.2, 0) is 20.9 Å². The van der Waals surface area contributed by atoms with Crippen molar-refractivity contribution in [2.75, 3.05) is 25.7 Å². The van der Waals surface area contributed by atoms with Gasteiger partial charge in [0.05, 0.1) is 55.9 Å². The number of anilines is 1. The first kappa shape index (κ1) is 32.3. The number of hydrogen-bond donors (Lipinski definition) is 0. The van der Waals surface area contributed by atoms with Crippen LogP contribution in [0, 0.1) is 0 Å². The molecule has 1 amide bonds. The van der Waals surface area contributed by atoms with Gasteiger partial charge in [-0.15, -0.1) is 0 Å². The number of thiazole rings is 1. The molecule has 0 N–H and O–H groups in total. The second kappa shape index (κ2) is 13.3. The van der Waals surface area contributed by atoms with E-state index < -0.39 is 17.6 Å². The Morgan fingerprint density at radius 2 is 1.61 bits per heavy atom. The van der Waals surface area contributed by atoms with Gasteiger partial charge < -0.3 is 19.1 Å². The predicted molar refractivity (Wildman–Crippen MR) is 191 cm³/mol. The van der Waals surface area contributed by atoms with Crippen LogP contribution in [0.5, 0.6) is 11.5 Å². The van der Waals surface area contributed by atoms with Gasteiger partial charge in [0.15, 0.2) is 16.3 Å². The summed E-state index contributed by atoms with van der Waals surface area (Å²) >= 11 is 4.69. The van der Waals surface area contributed by atoms with Crippen LogP contribution in [0.3, 0.4) is 0 Å². The Morgan fingerprint density at radius 3 is 2.31 bits per heavy atom. The number of esters is 1. The number of carbonyl (C=O) groups excluding carboxylic acids is 2. The maximum absolute atomic E-state index is 14.8. The predicted octanol–water partition coefficient (Wildman–Crippen LogP) is 5.63. The van der Waals surface area contributed by atoms with E-state index in [2.05, 4.69) is 15.9 Å². The van der Waals surface area contributed by atoms with Crippen molar-refractivity contribution in [3.63, 3.8) is 0 Å². The highest BCUT2D eigenvalue weighted by Gasteiger charge is 2.38. The van der Waals surface area contributed by atoms with Crippen molar-refractivity contribution in [1.82, 2.24) is 4.57 Å². The monoisotopic (exact) mass is 735 g/mol. The molecule has 5 aromatic rings. The van der Waals surface area contributed by atoms with Crippen LogP contribution >= 0.6 is 27.3 Å². The van der Waals surface area contributed by atoms with Crippen molar-refractivity contribution in [2.45, 2.75) is 19.5 Å². The van der Waals surface area contributed by atoms with Crippen molar-refractivity contribution < 1.29 is 23.8 Å². The summed E-state index contributed by atoms with van der Waals surface area (Å²) < 4.78 is 19.2. The lowest BCUT2D eigenvalue weighted by molar-refractivity contribution is -0.138. The maximum atomic E-state index is 14.8. The van der Waals surface area contributed by atoms with Gasteiger partial charge in [-0.05, 0) is 48.4 Å². The fourth-order valence-corrected chi connectivity index (χ4v) is 7.73. The highest BCUT2D eigenvalue weighted by atomic mass is 79.9. The third-order valence-electron chi connectivity index (χ3n) is 8.46. The fraction of sp³-hybridized carbons (Fsp3) is 0.158. The van der Waals surface area contributed by atoms with Gasteiger partial charge in [-0.3, -0.25) is 14.2 Å². The molecule has 2 aliphatic rings. The Morgan fingerprint density at radius 1 is 0.898 bits per heavy atom. The fourth-order valence-electron chi connectivity index (χ4n) is 6.27. The first-order chi connectivity index (χ1) is 23.8. The average molecular weight is 737 g/mol. The molecule has 7 rings (SSSR count). The van der Waals surface area contributed by atoms with Crippen molar-refractivity contribution in [3.8, 4) is 11.5 Å². The standard InChI is InChI=1S/C38H30BrN3O6S/c1-4-48-37(45)31-32(23-13-9-6-10-14-23)40-38-42(33(31)24-15-18-28(46-2)29(19-24)47-3)36(44)34(49-38)30-26-20-25(39)16-17-27(26)41(35(30)43)21-22-11-7-5-8-12-22/h5-20,33H,4,21H2,1-3H3/b34-30-/t33-/m1/s1. The summed E-state index contributed by atoms with van der Waals surface area (Å²) in [4.78, 5) is 50.1. The number of carbonyl (C=O) groups is 2. The zero-order valence-corrected chi connectivity index (χ0v) is 29.2. The van der Waals surface area contributed by atoms with Crippen LogP contribution in [0.2, 0.25) is 0 Å². The Hall–Kier alpha value is -5.26. The zero-order valence-electron chi connectivity index (χ0n) is 26.8. The largest absolute Gasteiger partial charge is 0.493 e. The third kappa shape index (κ3) is 5.68. The van der Waals surface area contributed by atoms with Crippen molar-refractivity contribution in [2.24, 2.45) is 4.99 Å². The number of halogens is 1. The molecule has 0 saturated heterocycles. The number of benzene rings is 4. The van der Waals surface area contributed by atoms with E-state index in [0.29, 0.717) is 50.9 Å². The number of aromatic nitrogens is 1. The Kier molecular flexibility index (Phi) is 8.79. The summed E-state index contributed by atoms with van der Waals surface area (Å²) in [5, 5.41) is 0. The minimum absolute atomic E-state index is 0.120. The topological polar surface area (TPSA) is 99.4 Å². The quantitative estimate of drug-likeness (QED) is 0.192. The molecule has 0 fully saturated rings. The van der Waals surface area contributed by atoms with Crippen LogP contribution in [0.1, 0.15) is 35.2 Å². The molecule has 0 bridgehead atoms. The first-order valence-electron chi connectivity index (χ1n) is 15.5. The molecule has 0 unspecified atom stereocenters. The van der Waals surface area contributed by atoms with E-state index >= 15 is 0 Å². The summed E-state index contributed by atoms with van der Waals surface area (Å²) in [6.45, 7) is 2.18. The second-order valence-electron chi connectivity index (χ2n) is 11.3. The molecule has 11 heteroatoms. The van der Waals surface area contributed by atoms with Gasteiger partial charge in [0, 0.05) is 15.6 Å². The SMILES string of the molecule is CCOC(=O)C1=C(c2ccccc2)N=c2s/c(=C3\C(=O)N(Cc4ccccc4)c4ccc(Br)cc43)c(=O)n2[C@@H]1c1ccc(OC)c(OC)c1. The van der Waals surface area contributed by atoms with E-state index in [-0.39, 0.29) is 28.2 Å². The molecule has 0 saturated carbocycles. The van der Waals surface area contributed by atoms with Crippen LogP contribution in [0.4, 0.5) is 5.69 Å². The number of rotatable bonds is 8. The molecule has 246 valence electrons. The van der Waals surface area contributed by atoms with Crippen LogP contribution in [0.25, 0.3) is 11.3 Å². The molecule has 1 atom stereocenters. The molecule has 4 aromatic carbocycles. The minimum Gasteiger partial charge on any atom is -0.493 e. The number of methoxy groups -OCH3 is 2. The van der Waals surface area contributed by atoms with Gasteiger partial charge in [-0.2, -0.15) is 0 Å². The normalized spacial score (nSPS) is 16.2. The van der Waals surface area contributed by atoms with E-state index in [4.69, 9.17) is 19.2 Å². The molecule has 2 aliphatic heterocycles. The summed E-state index contributed by atoms with van der Waals surface area (Å²) in [7, 11) is 3.06. The molecule has 0 radical (unpaired) electrons. The first-order valence-corrected chi connectivity index (χ1v) is 17.1. The summed E-state index contributed by atoms with van der Waals surface area (Å²) in [5.41, 5.74) is 3.94. The Labute approximate surface area is 294 Å². The van der Waals surface area contributed by atoms with E-state index in [1.807, 2.05) is 78.9 Å². The van der Waals surface area contributed by atoms with Gasteiger partial charge >= 0.3 is 5.97 Å². The molecule has 0 spiro atoms. The lowest BCUT2D eigenvalue weighted by atomic mass is 9.93. The van der Waals surface area contributed by atoms with E-state index in [0.717, 1.165) is 21.4 Å². The maximum Gasteiger partial charge on any atom is 0.338 e. The molecule has 49 heavy (non-hydrogen) atoms. The summed E-state index contributed by atoms with van der Waals surface area (Å²) in [6.07, 6.45) is 0. The third-order valence-corrected chi connectivity index (χ3v) is 10.0. The second-order valence-corrected chi connectivity index (χ2v) is 13.2. The van der Waals surface area contributed by atoms with Gasteiger partial charge in [0.25, 0.3) is 11.5 Å². The van der Waals surface area contributed by atoms with Gasteiger partial charge in [0.2, 0.25) is 0 Å². The lowest BCUT2D eigenvalue weighted by Crippen LogP contribution is -2.41. The van der Waals surface area contributed by atoms with Gasteiger partial charge in [-0.25, -0.2) is 9.79 Å². The number of nitrogens with zero attached hydrogens (tertiary/aromatic N) is 3. The van der Waals surface area contributed by atoms with Crippen molar-refractivity contribution >= 4 is 56.1 Å². The van der Waals surface area contributed by atoms with E-state index in [1.165, 1.54) is 18.8 Å². The average Bonchev–Trinajstić information content (AvgIpc) is 3.59. The van der Waals surface area contributed by atoms with Crippen molar-refractivity contribution in [1.29, 1.82) is 0 Å². The smallest absolute Gasteiger partial charge is 0.338 e. The molecule has 3 heterocycles. The highest BCUT2D eigenvalue weighted by Crippen LogP contribution is 2.40. The van der Waals surface area contributed by atoms with E-state index in [9.17, 15) is 14.4 Å². The number of ether oxygens (including phenoxy) is 3. The number of amides is 1. The van der Waals surface area contributed by atoms with Crippen molar-refractivity contribution in [3.05, 3.63) is 149 Å². The minimum atomic E-state index is -0.960. The highest BCUT2D eigenvalue weighted by molar-refractivity contribution is 9.10. The lowest BCUT2D eigenvalue weighted by Gasteiger charge is -2.26. The molecular formula is C38H30BrN3O6S. The molecule has 9 nitrogen and oxygen atoms in total. The summed E-state index contributed by atoms with van der Waals surface area (Å²) in [5.74, 6) is 0.0108. The van der Waals surface area contributed by atoms with Crippen LogP contribution in [0.15, 0.2) is 117 Å². The van der Waals surface area contributed by atoms with Crippen LogP contribution < -0.4 is 29.3 Å². The number of fused-ring (bicyclic) bond motifs is 2. The van der Waals surface area contributed by atoms with Gasteiger partial charge in [0.1, 0.15) is 4.53 Å². The van der Waals surface area contributed by atoms with E-state index in [1.54, 1.807) is 30.0 Å². The molecular weight excluding hydrogens is 706 g/mol. The molecule has 1 aromatic heterocycles. The van der Waals surface area contributed by atoms with Gasteiger partial charge in [-0.1, -0.05) is 94.0 Å². The zero-order chi connectivity index (χ0) is 34.2. The Balaban J connectivity index is 1.53. The molecule has 0 aliphatic carbocycles. The van der Waals surface area contributed by atoms with Crippen LogP contribution in [-0.4, -0.2) is 37.3 Å². The summed E-state index contributed by atoms with van der Waals surface area (Å²) in [6, 6.07) is 28.9. The number of hydrogen-bond acceptors (Lipinski definition) is 8. The Bertz CT molecular complexity index is 2330.